The molecule has 0 aliphatic carbocycles. The number of nitrogens with zero attached hydrogens (tertiary/aromatic N) is 2. The summed E-state index contributed by atoms with van der Waals surface area (Å²) in [5, 5.41) is 0. The number of carbonyl (C=O) groups excluding carboxylic acids is 2. The van der Waals surface area contributed by atoms with Crippen LogP contribution < -0.4 is 0 Å². The second-order valence-electron chi connectivity index (χ2n) is 5.73. The van der Waals surface area contributed by atoms with Gasteiger partial charge in [-0.3, -0.25) is 19.6 Å². The standard InChI is InChI=1S/C20H17FN2O3/c1-2-26-19(25)17(18(24)14-7-9-15(21)10-8-14)20(11-5-13-23-20)16-6-3-4-12-22-16/h3-13,17H,2H2,1H3. The molecule has 1 aliphatic rings. The van der Waals surface area contributed by atoms with Crippen molar-refractivity contribution >= 4 is 18.0 Å². The zero-order chi connectivity index (χ0) is 18.6. The molecular weight excluding hydrogens is 335 g/mol. The van der Waals surface area contributed by atoms with Gasteiger partial charge in [0, 0.05) is 18.0 Å². The molecule has 2 atom stereocenters. The van der Waals surface area contributed by atoms with Crippen molar-refractivity contribution in [2.75, 3.05) is 6.61 Å². The molecule has 0 bridgehead atoms. The van der Waals surface area contributed by atoms with Crippen LogP contribution in [0.1, 0.15) is 23.0 Å². The smallest absolute Gasteiger partial charge is 0.320 e. The van der Waals surface area contributed by atoms with Crippen molar-refractivity contribution in [2.45, 2.75) is 12.5 Å². The zero-order valence-electron chi connectivity index (χ0n) is 14.1. The lowest BCUT2D eigenvalue weighted by Gasteiger charge is -2.30. The molecule has 6 heteroatoms. The molecule has 0 amide bonds. The van der Waals surface area contributed by atoms with Crippen LogP contribution in [-0.4, -0.2) is 29.6 Å². The number of hydrogen-bond acceptors (Lipinski definition) is 5. The minimum Gasteiger partial charge on any atom is -0.465 e. The highest BCUT2D eigenvalue weighted by atomic mass is 19.1. The van der Waals surface area contributed by atoms with Crippen LogP contribution in [0, 0.1) is 11.7 Å². The van der Waals surface area contributed by atoms with Crippen LogP contribution in [0.2, 0.25) is 0 Å². The lowest BCUT2D eigenvalue weighted by atomic mass is 9.77. The molecule has 2 heterocycles. The molecule has 0 saturated heterocycles. The molecule has 132 valence electrons. The van der Waals surface area contributed by atoms with Gasteiger partial charge in [-0.15, -0.1) is 0 Å². The molecule has 5 nitrogen and oxygen atoms in total. The number of allylic oxidation sites excluding steroid dienone is 1. The summed E-state index contributed by atoms with van der Waals surface area (Å²) in [5.74, 6) is -2.93. The third-order valence-corrected chi connectivity index (χ3v) is 4.15. The highest BCUT2D eigenvalue weighted by Crippen LogP contribution is 2.39. The number of aliphatic imine (C=N–C) groups is 1. The van der Waals surface area contributed by atoms with Crippen molar-refractivity contribution in [3.05, 3.63) is 77.9 Å². The molecule has 0 spiro atoms. The van der Waals surface area contributed by atoms with Crippen molar-refractivity contribution in [3.63, 3.8) is 0 Å². The van der Waals surface area contributed by atoms with Gasteiger partial charge in [0.05, 0.1) is 12.3 Å². The van der Waals surface area contributed by atoms with Crippen molar-refractivity contribution in [1.29, 1.82) is 0 Å². The van der Waals surface area contributed by atoms with E-state index in [-0.39, 0.29) is 12.2 Å². The molecule has 0 saturated carbocycles. The number of aromatic nitrogens is 1. The third kappa shape index (κ3) is 3.18. The van der Waals surface area contributed by atoms with E-state index >= 15 is 0 Å². The predicted molar refractivity (Wildman–Crippen MR) is 94.4 cm³/mol. The van der Waals surface area contributed by atoms with Gasteiger partial charge in [-0.25, -0.2) is 4.39 Å². The molecule has 3 rings (SSSR count). The van der Waals surface area contributed by atoms with Crippen LogP contribution in [0.3, 0.4) is 0 Å². The van der Waals surface area contributed by atoms with Gasteiger partial charge >= 0.3 is 5.97 Å². The molecule has 0 N–H and O–H groups in total. The Morgan fingerprint density at radius 2 is 1.96 bits per heavy atom. The molecule has 1 aromatic carbocycles. The Labute approximate surface area is 150 Å². The maximum atomic E-state index is 13.2. The van der Waals surface area contributed by atoms with Crippen LogP contribution in [-0.2, 0) is 15.1 Å². The number of halogens is 1. The summed E-state index contributed by atoms with van der Waals surface area (Å²) >= 11 is 0. The van der Waals surface area contributed by atoms with Gasteiger partial charge in [-0.2, -0.15) is 0 Å². The minimum atomic E-state index is -1.29. The molecule has 2 aromatic rings. The summed E-state index contributed by atoms with van der Waals surface area (Å²) in [6.45, 7) is 1.79. The van der Waals surface area contributed by atoms with Crippen molar-refractivity contribution in [2.24, 2.45) is 10.9 Å². The van der Waals surface area contributed by atoms with E-state index in [1.54, 1.807) is 43.5 Å². The molecule has 2 unspecified atom stereocenters. The van der Waals surface area contributed by atoms with E-state index in [1.165, 1.54) is 30.5 Å². The van der Waals surface area contributed by atoms with Gasteiger partial charge in [0.2, 0.25) is 0 Å². The number of ketones is 1. The Bertz CT molecular complexity index is 848. The molecule has 0 radical (unpaired) electrons. The van der Waals surface area contributed by atoms with E-state index in [0.717, 1.165) is 0 Å². The van der Waals surface area contributed by atoms with Gasteiger partial charge in [-0.1, -0.05) is 6.07 Å². The zero-order valence-corrected chi connectivity index (χ0v) is 14.1. The average molecular weight is 352 g/mol. The Morgan fingerprint density at radius 3 is 2.54 bits per heavy atom. The third-order valence-electron chi connectivity index (χ3n) is 4.15. The fourth-order valence-electron chi connectivity index (χ4n) is 2.96. The maximum Gasteiger partial charge on any atom is 0.320 e. The van der Waals surface area contributed by atoms with E-state index in [4.69, 9.17) is 4.74 Å². The number of Topliss-reactive ketones (excluding diaryl/α,β-unsaturated/α-hetero) is 1. The van der Waals surface area contributed by atoms with Gasteiger partial charge in [0.15, 0.2) is 11.7 Å². The number of carbonyl (C=O) groups is 2. The monoisotopic (exact) mass is 352 g/mol. The second-order valence-corrected chi connectivity index (χ2v) is 5.73. The Kier molecular flexibility index (Phi) is 5.02. The van der Waals surface area contributed by atoms with Gasteiger partial charge in [0.25, 0.3) is 0 Å². The van der Waals surface area contributed by atoms with Crippen molar-refractivity contribution in [1.82, 2.24) is 4.98 Å². The Hall–Kier alpha value is -3.15. The topological polar surface area (TPSA) is 68.6 Å². The summed E-state index contributed by atoms with van der Waals surface area (Å²) in [6, 6.07) is 10.2. The van der Waals surface area contributed by atoms with Gasteiger partial charge in [0.1, 0.15) is 11.4 Å². The first-order valence-corrected chi connectivity index (χ1v) is 8.19. The van der Waals surface area contributed by atoms with Crippen LogP contribution in [0.5, 0.6) is 0 Å². The maximum absolute atomic E-state index is 13.2. The average Bonchev–Trinajstić information content (AvgIpc) is 3.14. The van der Waals surface area contributed by atoms with Crippen LogP contribution >= 0.6 is 0 Å². The number of pyridine rings is 1. The van der Waals surface area contributed by atoms with Crippen molar-refractivity contribution in [3.8, 4) is 0 Å². The number of benzene rings is 1. The van der Waals surface area contributed by atoms with Crippen LogP contribution in [0.15, 0.2) is 65.8 Å². The highest BCUT2D eigenvalue weighted by molar-refractivity contribution is 6.10. The normalized spacial score (nSPS) is 19.3. The molecular formula is C20H17FN2O3. The fourth-order valence-corrected chi connectivity index (χ4v) is 2.96. The first-order valence-electron chi connectivity index (χ1n) is 8.19. The quantitative estimate of drug-likeness (QED) is 0.455. The van der Waals surface area contributed by atoms with Gasteiger partial charge in [-0.05, 0) is 55.5 Å². The summed E-state index contributed by atoms with van der Waals surface area (Å²) in [4.78, 5) is 34.6. The largest absolute Gasteiger partial charge is 0.465 e. The summed E-state index contributed by atoms with van der Waals surface area (Å²) in [7, 11) is 0. The van der Waals surface area contributed by atoms with Gasteiger partial charge < -0.3 is 4.74 Å². The highest BCUT2D eigenvalue weighted by Gasteiger charge is 2.50. The first kappa shape index (κ1) is 17.7. The first-order chi connectivity index (χ1) is 12.6. The van der Waals surface area contributed by atoms with Crippen LogP contribution in [0.25, 0.3) is 0 Å². The predicted octanol–water partition coefficient (Wildman–Crippen LogP) is 3.12. The van der Waals surface area contributed by atoms with E-state index in [2.05, 4.69) is 9.98 Å². The lowest BCUT2D eigenvalue weighted by molar-refractivity contribution is -0.147. The van der Waals surface area contributed by atoms with Crippen molar-refractivity contribution < 1.29 is 18.7 Å². The lowest BCUT2D eigenvalue weighted by Crippen LogP contribution is -2.43. The fraction of sp³-hybridized carbons (Fsp3) is 0.200. The molecule has 0 fully saturated rings. The Balaban J connectivity index is 2.12. The second kappa shape index (κ2) is 7.39. The SMILES string of the molecule is CCOC(=O)C(C(=O)c1ccc(F)cc1)C1(c2ccccn2)C=CC=N1. The summed E-state index contributed by atoms with van der Waals surface area (Å²) in [5.41, 5.74) is -0.632. The number of rotatable bonds is 6. The number of hydrogen-bond donors (Lipinski definition) is 0. The summed E-state index contributed by atoms with van der Waals surface area (Å²) in [6.07, 6.45) is 6.43. The number of esters is 1. The summed E-state index contributed by atoms with van der Waals surface area (Å²) < 4.78 is 18.4. The van der Waals surface area contributed by atoms with E-state index < -0.39 is 29.0 Å². The van der Waals surface area contributed by atoms with E-state index in [0.29, 0.717) is 5.69 Å². The molecule has 26 heavy (non-hydrogen) atoms. The molecule has 1 aliphatic heterocycles. The molecule has 1 aromatic heterocycles. The minimum absolute atomic E-state index is 0.123. The van der Waals surface area contributed by atoms with E-state index in [1.807, 2.05) is 0 Å². The van der Waals surface area contributed by atoms with E-state index in [9.17, 15) is 14.0 Å². The van der Waals surface area contributed by atoms with Crippen LogP contribution in [0.4, 0.5) is 4.39 Å². The Morgan fingerprint density at radius 1 is 1.19 bits per heavy atom. The number of ether oxygens (including phenoxy) is 1.